The van der Waals surface area contributed by atoms with Crippen LogP contribution in [0.25, 0.3) is 0 Å². The van der Waals surface area contributed by atoms with E-state index in [1.54, 1.807) is 6.92 Å². The molecular weight excluding hydrogens is 380 g/mol. The Kier molecular flexibility index (Phi) is 7.14. The molecule has 28 heavy (non-hydrogen) atoms. The van der Waals surface area contributed by atoms with Crippen molar-refractivity contribution in [3.8, 4) is 11.5 Å². The minimum absolute atomic E-state index is 0.0838. The van der Waals surface area contributed by atoms with Crippen molar-refractivity contribution in [2.75, 3.05) is 39.5 Å². The molecule has 1 fully saturated rings. The molecule has 1 saturated heterocycles. The lowest BCUT2D eigenvalue weighted by molar-refractivity contribution is 0.0332. The second kappa shape index (κ2) is 9.78. The summed E-state index contributed by atoms with van der Waals surface area (Å²) in [5.74, 6) is -0.234. The largest absolute Gasteiger partial charge is 0.503 e. The third-order valence-corrected chi connectivity index (χ3v) is 4.93. The Morgan fingerprint density at radius 2 is 2.00 bits per heavy atom. The lowest BCUT2D eigenvalue weighted by Gasteiger charge is -2.31. The van der Waals surface area contributed by atoms with E-state index in [2.05, 4.69) is 10.2 Å². The fourth-order valence-electron chi connectivity index (χ4n) is 3.17. The van der Waals surface area contributed by atoms with Gasteiger partial charge in [0.15, 0.2) is 11.5 Å². The molecule has 1 heterocycles. The molecule has 0 bridgehead atoms. The molecule has 1 aliphatic rings. The van der Waals surface area contributed by atoms with E-state index in [-0.39, 0.29) is 28.5 Å². The number of ether oxygens (including phenoxy) is 2. The summed E-state index contributed by atoms with van der Waals surface area (Å²) in [6, 6.07) is 12.6. The van der Waals surface area contributed by atoms with Gasteiger partial charge < -0.3 is 19.9 Å². The Hall–Kier alpha value is -2.28. The van der Waals surface area contributed by atoms with Gasteiger partial charge in [-0.05, 0) is 24.6 Å². The maximum Gasteiger partial charge on any atom is 0.252 e. The third kappa shape index (κ3) is 5.16. The van der Waals surface area contributed by atoms with E-state index < -0.39 is 0 Å². The number of hydrogen-bond acceptors (Lipinski definition) is 5. The zero-order valence-electron chi connectivity index (χ0n) is 15.9. The van der Waals surface area contributed by atoms with Gasteiger partial charge in [-0.25, -0.2) is 0 Å². The van der Waals surface area contributed by atoms with Gasteiger partial charge in [0.05, 0.1) is 30.9 Å². The highest BCUT2D eigenvalue weighted by atomic mass is 35.5. The van der Waals surface area contributed by atoms with E-state index in [4.69, 9.17) is 21.1 Å². The Morgan fingerprint density at radius 3 is 2.68 bits per heavy atom. The molecule has 0 spiro atoms. The average molecular weight is 405 g/mol. The summed E-state index contributed by atoms with van der Waals surface area (Å²) in [6.07, 6.45) is 0. The van der Waals surface area contributed by atoms with Gasteiger partial charge >= 0.3 is 0 Å². The minimum atomic E-state index is -0.273. The van der Waals surface area contributed by atoms with Crippen LogP contribution < -0.4 is 10.1 Å². The fraction of sp³-hybridized carbons (Fsp3) is 0.381. The predicted octanol–water partition coefficient (Wildman–Crippen LogP) is 3.25. The monoisotopic (exact) mass is 404 g/mol. The van der Waals surface area contributed by atoms with Crippen LogP contribution in [0.15, 0.2) is 42.5 Å². The van der Waals surface area contributed by atoms with Crippen molar-refractivity contribution >= 4 is 17.5 Å². The smallest absolute Gasteiger partial charge is 0.252 e. The number of benzene rings is 2. The van der Waals surface area contributed by atoms with Crippen LogP contribution in [0.1, 0.15) is 28.9 Å². The lowest BCUT2D eigenvalue weighted by Crippen LogP contribution is -2.43. The first-order valence-electron chi connectivity index (χ1n) is 9.39. The number of nitrogens with zero attached hydrogens (tertiary/aromatic N) is 1. The molecule has 0 radical (unpaired) electrons. The van der Waals surface area contributed by atoms with Crippen LogP contribution in [0.3, 0.4) is 0 Å². The number of phenolic OH excluding ortho intramolecular Hbond substituents is 1. The number of amides is 1. The summed E-state index contributed by atoms with van der Waals surface area (Å²) < 4.78 is 10.8. The molecule has 1 unspecified atom stereocenters. The van der Waals surface area contributed by atoms with Crippen molar-refractivity contribution in [3.05, 3.63) is 58.6 Å². The number of nitrogens with one attached hydrogen (secondary N) is 1. The minimum Gasteiger partial charge on any atom is -0.503 e. The number of carbonyl (C=O) groups excluding carboxylic acids is 1. The van der Waals surface area contributed by atoms with E-state index in [9.17, 15) is 9.90 Å². The molecule has 0 saturated carbocycles. The first-order valence-corrected chi connectivity index (χ1v) is 9.77. The summed E-state index contributed by atoms with van der Waals surface area (Å²) in [7, 11) is 0. The van der Waals surface area contributed by atoms with Crippen LogP contribution in [0.2, 0.25) is 5.02 Å². The molecule has 2 aromatic carbocycles. The number of rotatable bonds is 7. The number of halogens is 1. The highest BCUT2D eigenvalue weighted by Gasteiger charge is 2.22. The third-order valence-electron chi connectivity index (χ3n) is 4.64. The van der Waals surface area contributed by atoms with Crippen LogP contribution in [0, 0.1) is 0 Å². The van der Waals surface area contributed by atoms with Gasteiger partial charge in [0.1, 0.15) is 0 Å². The predicted molar refractivity (Wildman–Crippen MR) is 108 cm³/mol. The first kappa shape index (κ1) is 20.5. The van der Waals surface area contributed by atoms with E-state index >= 15 is 0 Å². The summed E-state index contributed by atoms with van der Waals surface area (Å²) in [4.78, 5) is 15.2. The number of carbonyl (C=O) groups is 1. The van der Waals surface area contributed by atoms with Crippen molar-refractivity contribution in [3.63, 3.8) is 0 Å². The topological polar surface area (TPSA) is 71.0 Å². The van der Waals surface area contributed by atoms with Crippen molar-refractivity contribution in [1.82, 2.24) is 10.2 Å². The van der Waals surface area contributed by atoms with Gasteiger partial charge in [-0.1, -0.05) is 41.9 Å². The normalized spacial score (nSPS) is 15.8. The van der Waals surface area contributed by atoms with E-state index in [0.717, 1.165) is 18.7 Å². The molecule has 6 nitrogen and oxygen atoms in total. The van der Waals surface area contributed by atoms with E-state index in [0.29, 0.717) is 31.9 Å². The van der Waals surface area contributed by atoms with Crippen LogP contribution in [-0.2, 0) is 4.74 Å². The summed E-state index contributed by atoms with van der Waals surface area (Å²) >= 11 is 6.08. The quantitative estimate of drug-likeness (QED) is 0.741. The highest BCUT2D eigenvalue weighted by molar-refractivity contribution is 6.32. The fourth-order valence-corrected chi connectivity index (χ4v) is 3.38. The maximum absolute atomic E-state index is 12.9. The molecule has 2 aromatic rings. The molecule has 3 rings (SSSR count). The molecule has 7 heteroatoms. The SMILES string of the molecule is CCOc1cc(C(=O)NC(CN2CCOCC2)c2ccccc2)cc(Cl)c1O. The Labute approximate surface area is 170 Å². The van der Waals surface area contributed by atoms with Gasteiger partial charge in [-0.15, -0.1) is 0 Å². The molecule has 1 atom stereocenters. The molecule has 0 aromatic heterocycles. The molecule has 1 aliphatic heterocycles. The maximum atomic E-state index is 12.9. The van der Waals surface area contributed by atoms with Crippen LogP contribution in [0.5, 0.6) is 11.5 Å². The lowest BCUT2D eigenvalue weighted by atomic mass is 10.0. The van der Waals surface area contributed by atoms with Crippen molar-refractivity contribution in [2.45, 2.75) is 13.0 Å². The van der Waals surface area contributed by atoms with E-state index in [1.807, 2.05) is 30.3 Å². The zero-order valence-corrected chi connectivity index (χ0v) is 16.6. The summed E-state index contributed by atoms with van der Waals surface area (Å²) in [5, 5.41) is 13.2. The number of phenols is 1. The van der Waals surface area contributed by atoms with Gasteiger partial charge in [-0.3, -0.25) is 9.69 Å². The Morgan fingerprint density at radius 1 is 1.29 bits per heavy atom. The van der Waals surface area contributed by atoms with E-state index in [1.165, 1.54) is 12.1 Å². The summed E-state index contributed by atoms with van der Waals surface area (Å²) in [6.45, 7) is 5.90. The van der Waals surface area contributed by atoms with Crippen molar-refractivity contribution in [1.29, 1.82) is 0 Å². The average Bonchev–Trinajstić information content (AvgIpc) is 2.72. The number of morpholine rings is 1. The molecular formula is C21H25ClN2O4. The zero-order chi connectivity index (χ0) is 19.9. The van der Waals surface area contributed by atoms with Crippen molar-refractivity contribution in [2.24, 2.45) is 0 Å². The van der Waals surface area contributed by atoms with Gasteiger partial charge in [0.2, 0.25) is 0 Å². The Bertz CT molecular complexity index is 794. The van der Waals surface area contributed by atoms with Crippen molar-refractivity contribution < 1.29 is 19.4 Å². The second-order valence-electron chi connectivity index (χ2n) is 6.59. The number of aromatic hydroxyl groups is 1. The highest BCUT2D eigenvalue weighted by Crippen LogP contribution is 2.35. The standard InChI is InChI=1S/C21H25ClN2O4/c1-2-28-19-13-16(12-17(22)20(19)25)21(26)23-18(15-6-4-3-5-7-15)14-24-8-10-27-11-9-24/h3-7,12-13,18,25H,2,8-11,14H2,1H3,(H,23,26). The van der Waals surface area contributed by atoms with Gasteiger partial charge in [-0.2, -0.15) is 0 Å². The van der Waals surface area contributed by atoms with Gasteiger partial charge in [0.25, 0.3) is 5.91 Å². The first-order chi connectivity index (χ1) is 13.6. The molecule has 0 aliphatic carbocycles. The second-order valence-corrected chi connectivity index (χ2v) is 6.99. The van der Waals surface area contributed by atoms with Crippen LogP contribution in [0.4, 0.5) is 0 Å². The number of hydrogen-bond donors (Lipinski definition) is 2. The molecule has 150 valence electrons. The summed E-state index contributed by atoms with van der Waals surface area (Å²) in [5.41, 5.74) is 1.37. The molecule has 1 amide bonds. The van der Waals surface area contributed by atoms with Crippen LogP contribution >= 0.6 is 11.6 Å². The van der Waals surface area contributed by atoms with Crippen LogP contribution in [-0.4, -0.2) is 55.4 Å². The Balaban J connectivity index is 1.80. The van der Waals surface area contributed by atoms with Gasteiger partial charge in [0, 0.05) is 25.2 Å². The molecule has 2 N–H and O–H groups in total.